The maximum Gasteiger partial charge on any atom is 0.115 e. The Hall–Kier alpha value is -0.600. The van der Waals surface area contributed by atoms with Gasteiger partial charge in [-0.05, 0) is 11.6 Å². The van der Waals surface area contributed by atoms with E-state index in [0.717, 1.165) is 6.42 Å². The summed E-state index contributed by atoms with van der Waals surface area (Å²) in [6.07, 6.45) is 4.24. The van der Waals surface area contributed by atoms with Crippen LogP contribution in [0.3, 0.4) is 0 Å². The highest BCUT2D eigenvalue weighted by Crippen LogP contribution is 2.27. The Bertz CT molecular complexity index is 346. The second kappa shape index (κ2) is 4.28. The van der Waals surface area contributed by atoms with E-state index < -0.39 is 0 Å². The van der Waals surface area contributed by atoms with Gasteiger partial charge in [0.25, 0.3) is 0 Å². The Labute approximate surface area is 93.3 Å². The van der Waals surface area contributed by atoms with E-state index in [4.69, 9.17) is 0 Å². The highest BCUT2D eigenvalue weighted by Gasteiger charge is 2.22. The zero-order valence-electron chi connectivity index (χ0n) is 8.17. The number of fused-ring (bicyclic) bond motifs is 1. The van der Waals surface area contributed by atoms with E-state index in [-0.39, 0.29) is 0 Å². The molecule has 14 heavy (non-hydrogen) atoms. The van der Waals surface area contributed by atoms with Gasteiger partial charge >= 0.3 is 0 Å². The number of rotatable bonds is 2. The van der Waals surface area contributed by atoms with Crippen LogP contribution in [0.2, 0.25) is 0 Å². The van der Waals surface area contributed by atoms with E-state index in [1.807, 2.05) is 6.08 Å². The van der Waals surface area contributed by atoms with Crippen molar-refractivity contribution in [3.05, 3.63) is 46.5 Å². The van der Waals surface area contributed by atoms with Gasteiger partial charge in [0.15, 0.2) is 0 Å². The Kier molecular flexibility index (Phi) is 3.04. The number of benzene rings is 1. The quantitative estimate of drug-likeness (QED) is 0.778. The van der Waals surface area contributed by atoms with Gasteiger partial charge in [-0.25, -0.2) is 0 Å². The summed E-state index contributed by atoms with van der Waals surface area (Å²) >= 11 is 3.62. The minimum absolute atomic E-state index is 0.578. The first-order valence-corrected chi connectivity index (χ1v) is 5.83. The Balaban J connectivity index is 2.39. The lowest BCUT2D eigenvalue weighted by molar-refractivity contribution is -0.698. The van der Waals surface area contributed by atoms with E-state index in [9.17, 15) is 0 Å². The summed E-state index contributed by atoms with van der Waals surface area (Å²) < 4.78 is 1.26. The number of nitrogens with two attached hydrogens (primary N) is 1. The molecular weight excluding hydrogens is 238 g/mol. The molecule has 2 rings (SSSR count). The average molecular weight is 253 g/mol. The first kappa shape index (κ1) is 9.94. The van der Waals surface area contributed by atoms with Crippen LogP contribution in [0.15, 0.2) is 35.3 Å². The summed E-state index contributed by atoms with van der Waals surface area (Å²) in [7, 11) is 0. The summed E-state index contributed by atoms with van der Waals surface area (Å²) in [5, 5.41) is 2.41. The van der Waals surface area contributed by atoms with Crippen LogP contribution in [-0.2, 0) is 6.42 Å². The van der Waals surface area contributed by atoms with Crippen molar-refractivity contribution in [3.63, 3.8) is 0 Å². The normalized spacial score (nSPS) is 20.2. The van der Waals surface area contributed by atoms with Crippen LogP contribution in [0, 0.1) is 0 Å². The predicted octanol–water partition coefficient (Wildman–Crippen LogP) is 2.19. The summed E-state index contributed by atoms with van der Waals surface area (Å²) in [5.41, 5.74) is 2.97. The maximum absolute atomic E-state index is 3.82. The SMILES string of the molecule is C=CC[C@H]1[NH2+]CCc2c(Br)cccc21. The second-order valence-electron chi connectivity index (χ2n) is 3.71. The number of quaternary nitrogens is 1. The van der Waals surface area contributed by atoms with E-state index in [0.29, 0.717) is 6.04 Å². The molecule has 0 bridgehead atoms. The third kappa shape index (κ3) is 1.77. The van der Waals surface area contributed by atoms with Crippen molar-refractivity contribution in [2.24, 2.45) is 0 Å². The molecule has 0 aliphatic carbocycles. The molecule has 2 N–H and O–H groups in total. The highest BCUT2D eigenvalue weighted by molar-refractivity contribution is 9.10. The Morgan fingerprint density at radius 1 is 1.57 bits per heavy atom. The molecule has 0 amide bonds. The summed E-state index contributed by atoms with van der Waals surface area (Å²) in [6, 6.07) is 7.07. The minimum Gasteiger partial charge on any atom is -0.340 e. The van der Waals surface area contributed by atoms with E-state index in [1.54, 1.807) is 0 Å². The molecule has 1 heterocycles. The van der Waals surface area contributed by atoms with Crippen LogP contribution >= 0.6 is 15.9 Å². The molecule has 0 fully saturated rings. The van der Waals surface area contributed by atoms with Gasteiger partial charge in [-0.2, -0.15) is 0 Å². The van der Waals surface area contributed by atoms with Crippen molar-refractivity contribution < 1.29 is 5.32 Å². The summed E-state index contributed by atoms with van der Waals surface area (Å²) in [4.78, 5) is 0. The smallest absolute Gasteiger partial charge is 0.115 e. The molecule has 1 atom stereocenters. The maximum atomic E-state index is 3.82. The zero-order valence-corrected chi connectivity index (χ0v) is 9.76. The van der Waals surface area contributed by atoms with Gasteiger partial charge in [0.2, 0.25) is 0 Å². The molecule has 2 heteroatoms. The van der Waals surface area contributed by atoms with E-state index in [1.165, 1.54) is 28.6 Å². The molecule has 0 spiro atoms. The minimum atomic E-state index is 0.578. The van der Waals surface area contributed by atoms with Crippen molar-refractivity contribution in [1.29, 1.82) is 0 Å². The van der Waals surface area contributed by atoms with Crippen LogP contribution < -0.4 is 5.32 Å². The lowest BCUT2D eigenvalue weighted by atomic mass is 9.93. The molecule has 0 saturated carbocycles. The van der Waals surface area contributed by atoms with Gasteiger partial charge in [0.05, 0.1) is 6.54 Å². The molecule has 74 valence electrons. The van der Waals surface area contributed by atoms with Crippen molar-refractivity contribution >= 4 is 15.9 Å². The van der Waals surface area contributed by atoms with Gasteiger partial charge in [-0.15, -0.1) is 6.58 Å². The molecule has 1 aliphatic rings. The predicted molar refractivity (Wildman–Crippen MR) is 62.2 cm³/mol. The molecule has 1 aromatic rings. The van der Waals surface area contributed by atoms with E-state index >= 15 is 0 Å². The monoisotopic (exact) mass is 252 g/mol. The zero-order chi connectivity index (χ0) is 9.97. The fraction of sp³-hybridized carbons (Fsp3) is 0.333. The molecule has 1 nitrogen and oxygen atoms in total. The van der Waals surface area contributed by atoms with Crippen molar-refractivity contribution in [1.82, 2.24) is 0 Å². The van der Waals surface area contributed by atoms with Crippen molar-refractivity contribution in [2.45, 2.75) is 18.9 Å². The van der Waals surface area contributed by atoms with Gasteiger partial charge in [0.1, 0.15) is 6.04 Å². The summed E-state index contributed by atoms with van der Waals surface area (Å²) in [5.74, 6) is 0. The third-order valence-corrected chi connectivity index (χ3v) is 3.56. The van der Waals surface area contributed by atoms with Crippen LogP contribution in [0.25, 0.3) is 0 Å². The molecule has 0 radical (unpaired) electrons. The lowest BCUT2D eigenvalue weighted by Gasteiger charge is -2.23. The van der Waals surface area contributed by atoms with Gasteiger partial charge in [0, 0.05) is 22.9 Å². The number of hydrogen-bond donors (Lipinski definition) is 1. The van der Waals surface area contributed by atoms with Crippen LogP contribution in [0.4, 0.5) is 0 Å². The largest absolute Gasteiger partial charge is 0.340 e. The Morgan fingerprint density at radius 2 is 2.43 bits per heavy atom. The van der Waals surface area contributed by atoms with E-state index in [2.05, 4.69) is 46.0 Å². The lowest BCUT2D eigenvalue weighted by Crippen LogP contribution is -2.87. The number of halogens is 1. The van der Waals surface area contributed by atoms with Crippen LogP contribution in [-0.4, -0.2) is 6.54 Å². The van der Waals surface area contributed by atoms with Gasteiger partial charge in [-0.1, -0.05) is 34.1 Å². The Morgan fingerprint density at radius 3 is 3.21 bits per heavy atom. The van der Waals surface area contributed by atoms with Crippen molar-refractivity contribution in [2.75, 3.05) is 6.54 Å². The molecule has 0 saturated heterocycles. The molecule has 1 aliphatic heterocycles. The summed E-state index contributed by atoms with van der Waals surface area (Å²) in [6.45, 7) is 5.01. The molecule has 0 aromatic heterocycles. The van der Waals surface area contributed by atoms with Crippen LogP contribution in [0.1, 0.15) is 23.6 Å². The van der Waals surface area contributed by atoms with Gasteiger partial charge < -0.3 is 5.32 Å². The van der Waals surface area contributed by atoms with Crippen LogP contribution in [0.5, 0.6) is 0 Å². The molecule has 1 aromatic carbocycles. The third-order valence-electron chi connectivity index (χ3n) is 2.82. The standard InChI is InChI=1S/C12H14BrN/c1-2-4-12-10-5-3-6-11(13)9(10)7-8-14-12/h2-3,5-6,12,14H,1,4,7-8H2/p+1/t12-/m1/s1. The molecular formula is C12H15BrN+. The fourth-order valence-corrected chi connectivity index (χ4v) is 2.72. The second-order valence-corrected chi connectivity index (χ2v) is 4.57. The van der Waals surface area contributed by atoms with Crippen molar-refractivity contribution in [3.8, 4) is 0 Å². The van der Waals surface area contributed by atoms with Gasteiger partial charge in [-0.3, -0.25) is 0 Å². The topological polar surface area (TPSA) is 16.6 Å². The fourth-order valence-electron chi connectivity index (χ4n) is 2.15. The first-order chi connectivity index (χ1) is 6.83. The molecule has 0 unspecified atom stereocenters. The first-order valence-electron chi connectivity index (χ1n) is 5.04. The highest BCUT2D eigenvalue weighted by atomic mass is 79.9. The average Bonchev–Trinajstić information content (AvgIpc) is 2.20. The number of hydrogen-bond acceptors (Lipinski definition) is 0.